The maximum atomic E-state index is 12.3. The van der Waals surface area contributed by atoms with Crippen LogP contribution < -0.4 is 5.32 Å². The van der Waals surface area contributed by atoms with Crippen molar-refractivity contribution in [3.05, 3.63) is 34.5 Å². The number of amides is 1. The molecular formula is C18H22ClNO4. The third-order valence-corrected chi connectivity index (χ3v) is 4.50. The maximum absolute atomic E-state index is 12.3. The van der Waals surface area contributed by atoms with Gasteiger partial charge >= 0.3 is 0 Å². The lowest BCUT2D eigenvalue weighted by Crippen LogP contribution is -2.25. The van der Waals surface area contributed by atoms with Crippen molar-refractivity contribution in [2.45, 2.75) is 32.3 Å². The van der Waals surface area contributed by atoms with E-state index in [1.54, 1.807) is 6.07 Å². The Balaban J connectivity index is 1.45. The van der Waals surface area contributed by atoms with E-state index in [2.05, 4.69) is 5.32 Å². The number of aryl methyl sites for hydroxylation is 1. The van der Waals surface area contributed by atoms with Crippen molar-refractivity contribution in [2.24, 2.45) is 0 Å². The van der Waals surface area contributed by atoms with Crippen molar-refractivity contribution in [3.8, 4) is 0 Å². The van der Waals surface area contributed by atoms with Crippen LogP contribution >= 0.6 is 11.6 Å². The van der Waals surface area contributed by atoms with E-state index >= 15 is 0 Å². The predicted molar refractivity (Wildman–Crippen MR) is 92.7 cm³/mol. The highest BCUT2D eigenvalue weighted by molar-refractivity contribution is 6.35. The van der Waals surface area contributed by atoms with Crippen molar-refractivity contribution in [3.63, 3.8) is 0 Å². The third kappa shape index (κ3) is 3.91. The molecule has 1 atom stereocenters. The minimum Gasteiger partial charge on any atom is -0.449 e. The quantitative estimate of drug-likeness (QED) is 0.772. The molecular weight excluding hydrogens is 330 g/mol. The highest BCUT2D eigenvalue weighted by atomic mass is 35.5. The average molecular weight is 352 g/mol. The molecule has 1 aromatic carbocycles. The fraction of sp³-hybridized carbons (Fsp3) is 0.500. The Labute approximate surface area is 146 Å². The molecule has 130 valence electrons. The summed E-state index contributed by atoms with van der Waals surface area (Å²) in [6, 6.07) is 5.50. The molecule has 1 saturated heterocycles. The number of benzene rings is 1. The van der Waals surface area contributed by atoms with E-state index in [-0.39, 0.29) is 12.0 Å². The first-order valence-corrected chi connectivity index (χ1v) is 8.70. The van der Waals surface area contributed by atoms with Gasteiger partial charge in [0.05, 0.1) is 17.7 Å². The van der Waals surface area contributed by atoms with Gasteiger partial charge in [0.1, 0.15) is 0 Å². The zero-order valence-electron chi connectivity index (χ0n) is 13.8. The summed E-state index contributed by atoms with van der Waals surface area (Å²) in [5, 5.41) is 4.24. The molecule has 0 spiro atoms. The van der Waals surface area contributed by atoms with Crippen molar-refractivity contribution in [1.29, 1.82) is 0 Å². The van der Waals surface area contributed by atoms with Crippen molar-refractivity contribution < 1.29 is 18.7 Å². The minimum atomic E-state index is -0.223. The van der Waals surface area contributed by atoms with E-state index in [0.29, 0.717) is 36.1 Å². The molecule has 1 aromatic heterocycles. The number of para-hydroxylation sites is 1. The second kappa shape index (κ2) is 8.01. The number of furan rings is 1. The van der Waals surface area contributed by atoms with Gasteiger partial charge in [0, 0.05) is 30.7 Å². The molecule has 2 aromatic rings. The van der Waals surface area contributed by atoms with E-state index in [1.165, 1.54) is 0 Å². The summed E-state index contributed by atoms with van der Waals surface area (Å²) in [5.41, 5.74) is 1.36. The van der Waals surface area contributed by atoms with Crippen LogP contribution in [0, 0.1) is 6.92 Å². The Bertz CT molecular complexity index is 706. The first-order valence-electron chi connectivity index (χ1n) is 8.32. The Hall–Kier alpha value is -1.56. The molecule has 24 heavy (non-hydrogen) atoms. The van der Waals surface area contributed by atoms with Gasteiger partial charge in [-0.3, -0.25) is 4.79 Å². The van der Waals surface area contributed by atoms with Gasteiger partial charge in [-0.05, 0) is 32.3 Å². The molecule has 2 heterocycles. The van der Waals surface area contributed by atoms with Gasteiger partial charge in [-0.1, -0.05) is 23.7 Å². The Morgan fingerprint density at radius 1 is 1.46 bits per heavy atom. The molecule has 1 amide bonds. The van der Waals surface area contributed by atoms with E-state index in [0.717, 1.165) is 36.8 Å². The molecule has 1 N–H and O–H groups in total. The number of ether oxygens (including phenoxy) is 2. The summed E-state index contributed by atoms with van der Waals surface area (Å²) in [7, 11) is 0. The SMILES string of the molecule is Cc1c(C(=O)NCCCOCC2CCCO2)oc2c(Cl)cccc12. The predicted octanol–water partition coefficient (Wildman–Crippen LogP) is 3.71. The number of nitrogens with one attached hydrogen (secondary N) is 1. The lowest BCUT2D eigenvalue weighted by atomic mass is 10.1. The van der Waals surface area contributed by atoms with Crippen LogP contribution in [0.1, 0.15) is 35.4 Å². The lowest BCUT2D eigenvalue weighted by molar-refractivity contribution is 0.0166. The average Bonchev–Trinajstić information content (AvgIpc) is 3.20. The van der Waals surface area contributed by atoms with Crippen LogP contribution in [0.4, 0.5) is 0 Å². The molecule has 0 radical (unpaired) electrons. The highest BCUT2D eigenvalue weighted by Crippen LogP contribution is 2.30. The smallest absolute Gasteiger partial charge is 0.287 e. The van der Waals surface area contributed by atoms with Gasteiger partial charge in [0.2, 0.25) is 0 Å². The Kier molecular flexibility index (Phi) is 5.76. The molecule has 1 aliphatic rings. The standard InChI is InChI=1S/C18H22ClNO4/c1-12-14-6-2-7-15(19)17(14)24-16(12)18(21)20-8-4-9-22-11-13-5-3-10-23-13/h2,6-7,13H,3-5,8-11H2,1H3,(H,20,21). The van der Waals surface area contributed by atoms with Crippen molar-refractivity contribution in [1.82, 2.24) is 5.32 Å². The molecule has 1 unspecified atom stereocenters. The molecule has 0 aliphatic carbocycles. The molecule has 0 bridgehead atoms. The van der Waals surface area contributed by atoms with E-state index in [1.807, 2.05) is 19.1 Å². The molecule has 6 heteroatoms. The van der Waals surface area contributed by atoms with Crippen molar-refractivity contribution >= 4 is 28.5 Å². The lowest BCUT2D eigenvalue weighted by Gasteiger charge is -2.10. The number of fused-ring (bicyclic) bond motifs is 1. The number of halogens is 1. The maximum Gasteiger partial charge on any atom is 0.287 e. The summed E-state index contributed by atoms with van der Waals surface area (Å²) in [6.07, 6.45) is 3.18. The van der Waals surface area contributed by atoms with Crippen LogP contribution in [0.5, 0.6) is 0 Å². The van der Waals surface area contributed by atoms with Gasteiger partial charge in [-0.25, -0.2) is 0 Å². The fourth-order valence-electron chi connectivity index (χ4n) is 2.87. The van der Waals surface area contributed by atoms with E-state index < -0.39 is 0 Å². The van der Waals surface area contributed by atoms with Crippen LogP contribution in [0.3, 0.4) is 0 Å². The van der Waals surface area contributed by atoms with Gasteiger partial charge < -0.3 is 19.2 Å². The van der Waals surface area contributed by atoms with Crippen LogP contribution in [-0.2, 0) is 9.47 Å². The molecule has 5 nitrogen and oxygen atoms in total. The highest BCUT2D eigenvalue weighted by Gasteiger charge is 2.18. The van der Waals surface area contributed by atoms with Crippen molar-refractivity contribution in [2.75, 3.05) is 26.4 Å². The Morgan fingerprint density at radius 3 is 3.08 bits per heavy atom. The molecule has 0 saturated carbocycles. The van der Waals surface area contributed by atoms with Crippen LogP contribution in [0.25, 0.3) is 11.0 Å². The molecule has 1 aliphatic heterocycles. The summed E-state index contributed by atoms with van der Waals surface area (Å²) in [4.78, 5) is 12.3. The first-order chi connectivity index (χ1) is 11.7. The van der Waals surface area contributed by atoms with Crippen LogP contribution in [0.15, 0.2) is 22.6 Å². The van der Waals surface area contributed by atoms with Gasteiger partial charge in [-0.2, -0.15) is 0 Å². The number of rotatable bonds is 7. The summed E-state index contributed by atoms with van der Waals surface area (Å²) < 4.78 is 16.7. The number of carbonyl (C=O) groups excluding carboxylic acids is 1. The first kappa shape index (κ1) is 17.3. The van der Waals surface area contributed by atoms with E-state index in [9.17, 15) is 4.79 Å². The van der Waals surface area contributed by atoms with Gasteiger partial charge in [-0.15, -0.1) is 0 Å². The summed E-state index contributed by atoms with van der Waals surface area (Å²) >= 11 is 6.11. The number of carbonyl (C=O) groups is 1. The zero-order valence-corrected chi connectivity index (χ0v) is 14.5. The minimum absolute atomic E-state index is 0.223. The third-order valence-electron chi connectivity index (χ3n) is 4.20. The summed E-state index contributed by atoms with van der Waals surface area (Å²) in [5.74, 6) is 0.0947. The van der Waals surface area contributed by atoms with Crippen LogP contribution in [-0.4, -0.2) is 38.4 Å². The monoisotopic (exact) mass is 351 g/mol. The van der Waals surface area contributed by atoms with Gasteiger partial charge in [0.15, 0.2) is 11.3 Å². The normalized spacial score (nSPS) is 17.5. The zero-order chi connectivity index (χ0) is 16.9. The number of hydrogen-bond donors (Lipinski definition) is 1. The summed E-state index contributed by atoms with van der Waals surface area (Å²) in [6.45, 7) is 4.47. The number of hydrogen-bond acceptors (Lipinski definition) is 4. The topological polar surface area (TPSA) is 60.7 Å². The largest absolute Gasteiger partial charge is 0.449 e. The fourth-order valence-corrected chi connectivity index (χ4v) is 3.09. The second-order valence-electron chi connectivity index (χ2n) is 5.99. The second-order valence-corrected chi connectivity index (χ2v) is 6.40. The molecule has 3 rings (SSSR count). The van der Waals surface area contributed by atoms with Gasteiger partial charge in [0.25, 0.3) is 5.91 Å². The Morgan fingerprint density at radius 2 is 2.33 bits per heavy atom. The van der Waals surface area contributed by atoms with Crippen LogP contribution in [0.2, 0.25) is 5.02 Å². The van der Waals surface area contributed by atoms with E-state index in [4.69, 9.17) is 25.5 Å². The molecule has 1 fully saturated rings.